The van der Waals surface area contributed by atoms with Gasteiger partial charge in [0.1, 0.15) is 0 Å². The summed E-state index contributed by atoms with van der Waals surface area (Å²) in [7, 11) is 0. The molecule has 4 heteroatoms. The number of carbonyl (C=O) groups is 1. The molecule has 76 valence electrons. The Morgan fingerprint density at radius 2 is 2.50 bits per heavy atom. The van der Waals surface area contributed by atoms with Crippen LogP contribution in [0.5, 0.6) is 0 Å². The van der Waals surface area contributed by atoms with E-state index in [0.29, 0.717) is 13.0 Å². The van der Waals surface area contributed by atoms with E-state index < -0.39 is 0 Å². The number of nitrogens with zero attached hydrogens (tertiary/aromatic N) is 1. The summed E-state index contributed by atoms with van der Waals surface area (Å²) in [6.45, 7) is 2.30. The van der Waals surface area contributed by atoms with Crippen LogP contribution in [0.3, 0.4) is 0 Å². The van der Waals surface area contributed by atoms with Crippen LogP contribution in [0.2, 0.25) is 0 Å². The quantitative estimate of drug-likeness (QED) is 0.736. The average Bonchev–Trinajstić information content (AvgIpc) is 2.19. The first-order valence-corrected chi connectivity index (χ1v) is 4.63. The molecule has 0 unspecified atom stereocenters. The molecule has 1 aromatic rings. The number of carbonyl (C=O) groups excluding carboxylic acids is 1. The third-order valence-corrected chi connectivity index (χ3v) is 1.93. The highest BCUT2D eigenvalue weighted by atomic mass is 16.1. The van der Waals surface area contributed by atoms with Gasteiger partial charge in [0, 0.05) is 25.4 Å². The second-order valence-electron chi connectivity index (χ2n) is 3.11. The average molecular weight is 193 g/mol. The maximum atomic E-state index is 11.2. The predicted octanol–water partition coefficient (Wildman–Crippen LogP) is 0.608. The second kappa shape index (κ2) is 5.34. The summed E-state index contributed by atoms with van der Waals surface area (Å²) in [5.41, 5.74) is 6.27. The van der Waals surface area contributed by atoms with Crippen LogP contribution in [0.25, 0.3) is 0 Å². The highest BCUT2D eigenvalue weighted by molar-refractivity contribution is 5.76. The highest BCUT2D eigenvalue weighted by Crippen LogP contribution is 2.09. The Hall–Kier alpha value is -1.42. The van der Waals surface area contributed by atoms with Crippen LogP contribution in [0.15, 0.2) is 24.5 Å². The third-order valence-electron chi connectivity index (χ3n) is 1.93. The zero-order valence-corrected chi connectivity index (χ0v) is 8.23. The van der Waals surface area contributed by atoms with Gasteiger partial charge in [-0.2, -0.15) is 0 Å². The van der Waals surface area contributed by atoms with Gasteiger partial charge in [-0.15, -0.1) is 0 Å². The van der Waals surface area contributed by atoms with Crippen molar-refractivity contribution in [2.24, 2.45) is 5.73 Å². The van der Waals surface area contributed by atoms with Crippen LogP contribution >= 0.6 is 0 Å². The van der Waals surface area contributed by atoms with E-state index in [1.807, 2.05) is 19.1 Å². The van der Waals surface area contributed by atoms with E-state index in [4.69, 9.17) is 5.73 Å². The van der Waals surface area contributed by atoms with Crippen LogP contribution < -0.4 is 11.1 Å². The monoisotopic (exact) mass is 193 g/mol. The van der Waals surface area contributed by atoms with E-state index in [1.165, 1.54) is 0 Å². The van der Waals surface area contributed by atoms with E-state index in [2.05, 4.69) is 10.3 Å². The number of hydrogen-bond donors (Lipinski definition) is 2. The van der Waals surface area contributed by atoms with Crippen molar-refractivity contribution in [2.45, 2.75) is 19.4 Å². The molecule has 1 rings (SSSR count). The number of nitrogens with one attached hydrogen (secondary N) is 1. The molecule has 1 atom stereocenters. The fraction of sp³-hybridized carbons (Fsp3) is 0.400. The first kappa shape index (κ1) is 10.7. The van der Waals surface area contributed by atoms with Crippen LogP contribution in [0.1, 0.15) is 24.9 Å². The van der Waals surface area contributed by atoms with Gasteiger partial charge in [0.15, 0.2) is 0 Å². The molecule has 0 aliphatic rings. The Morgan fingerprint density at radius 3 is 3.07 bits per heavy atom. The first-order chi connectivity index (χ1) is 6.74. The van der Waals surface area contributed by atoms with Crippen LogP contribution in [-0.2, 0) is 4.79 Å². The molecule has 1 amide bonds. The van der Waals surface area contributed by atoms with E-state index >= 15 is 0 Å². The first-order valence-electron chi connectivity index (χ1n) is 4.63. The van der Waals surface area contributed by atoms with Gasteiger partial charge < -0.3 is 11.1 Å². The lowest BCUT2D eigenvalue weighted by molar-refractivity contribution is -0.121. The minimum atomic E-state index is -0.0242. The van der Waals surface area contributed by atoms with Crippen LogP contribution in [0.4, 0.5) is 0 Å². The SMILES string of the molecule is C[C@@H](NC(=O)CCN)c1cccnc1. The maximum Gasteiger partial charge on any atom is 0.221 e. The lowest BCUT2D eigenvalue weighted by atomic mass is 10.1. The van der Waals surface area contributed by atoms with Crippen molar-refractivity contribution in [2.75, 3.05) is 6.54 Å². The predicted molar refractivity (Wildman–Crippen MR) is 54.5 cm³/mol. The lowest BCUT2D eigenvalue weighted by Gasteiger charge is -2.13. The van der Waals surface area contributed by atoms with Crippen molar-refractivity contribution in [1.82, 2.24) is 10.3 Å². The Bertz CT molecular complexity index is 287. The number of nitrogens with two attached hydrogens (primary N) is 1. The van der Waals surface area contributed by atoms with Crippen LogP contribution in [0, 0.1) is 0 Å². The molecule has 0 saturated carbocycles. The zero-order chi connectivity index (χ0) is 10.4. The Labute approximate surface area is 83.5 Å². The van der Waals surface area contributed by atoms with Gasteiger partial charge in [-0.05, 0) is 18.6 Å². The van der Waals surface area contributed by atoms with Crippen molar-refractivity contribution in [3.05, 3.63) is 30.1 Å². The molecule has 0 aromatic carbocycles. The molecule has 14 heavy (non-hydrogen) atoms. The van der Waals surface area contributed by atoms with Crippen molar-refractivity contribution in [3.63, 3.8) is 0 Å². The lowest BCUT2D eigenvalue weighted by Crippen LogP contribution is -2.28. The largest absolute Gasteiger partial charge is 0.349 e. The summed E-state index contributed by atoms with van der Waals surface area (Å²) < 4.78 is 0. The van der Waals surface area contributed by atoms with Gasteiger partial charge in [-0.1, -0.05) is 6.07 Å². The van der Waals surface area contributed by atoms with Gasteiger partial charge in [0.25, 0.3) is 0 Å². The molecule has 1 heterocycles. The van der Waals surface area contributed by atoms with Gasteiger partial charge in [0.2, 0.25) is 5.91 Å². The summed E-state index contributed by atoms with van der Waals surface area (Å²) >= 11 is 0. The van der Waals surface area contributed by atoms with Gasteiger partial charge in [-0.3, -0.25) is 9.78 Å². The van der Waals surface area contributed by atoms with Gasteiger partial charge in [-0.25, -0.2) is 0 Å². The summed E-state index contributed by atoms with van der Waals surface area (Å²) in [4.78, 5) is 15.2. The molecule has 1 aromatic heterocycles. The number of hydrogen-bond acceptors (Lipinski definition) is 3. The third kappa shape index (κ3) is 3.14. The second-order valence-corrected chi connectivity index (χ2v) is 3.11. The summed E-state index contributed by atoms with van der Waals surface area (Å²) in [6.07, 6.45) is 3.82. The highest BCUT2D eigenvalue weighted by Gasteiger charge is 2.07. The Morgan fingerprint density at radius 1 is 1.71 bits per heavy atom. The molecule has 0 saturated heterocycles. The van der Waals surface area contributed by atoms with Gasteiger partial charge in [0.05, 0.1) is 6.04 Å². The Balaban J connectivity index is 2.50. The number of rotatable bonds is 4. The number of pyridine rings is 1. The van der Waals surface area contributed by atoms with E-state index in [0.717, 1.165) is 5.56 Å². The normalized spacial score (nSPS) is 12.1. The molecule has 0 bridgehead atoms. The summed E-state index contributed by atoms with van der Waals surface area (Å²) in [5.74, 6) is -0.0242. The molecule has 3 N–H and O–H groups in total. The van der Waals surface area contributed by atoms with Crippen molar-refractivity contribution in [3.8, 4) is 0 Å². The standard InChI is InChI=1S/C10H15N3O/c1-8(13-10(14)4-5-11)9-3-2-6-12-7-9/h2-3,6-8H,4-5,11H2,1H3,(H,13,14)/t8-/m1/s1. The van der Waals surface area contributed by atoms with E-state index in [-0.39, 0.29) is 11.9 Å². The number of amides is 1. The minimum absolute atomic E-state index is 0.0113. The van der Waals surface area contributed by atoms with Gasteiger partial charge >= 0.3 is 0 Å². The molecular weight excluding hydrogens is 178 g/mol. The van der Waals surface area contributed by atoms with E-state index in [1.54, 1.807) is 12.4 Å². The minimum Gasteiger partial charge on any atom is -0.349 e. The Kier molecular flexibility index (Phi) is 4.07. The topological polar surface area (TPSA) is 68.0 Å². The number of aromatic nitrogens is 1. The molecule has 0 radical (unpaired) electrons. The van der Waals surface area contributed by atoms with Crippen LogP contribution in [-0.4, -0.2) is 17.4 Å². The fourth-order valence-electron chi connectivity index (χ4n) is 1.16. The maximum absolute atomic E-state index is 11.2. The molecule has 0 fully saturated rings. The van der Waals surface area contributed by atoms with Crippen molar-refractivity contribution < 1.29 is 4.79 Å². The zero-order valence-electron chi connectivity index (χ0n) is 8.23. The summed E-state index contributed by atoms with van der Waals surface area (Å²) in [6, 6.07) is 3.77. The van der Waals surface area contributed by atoms with Crippen molar-refractivity contribution in [1.29, 1.82) is 0 Å². The molecule has 0 aliphatic heterocycles. The molecule has 0 spiro atoms. The molecular formula is C10H15N3O. The van der Waals surface area contributed by atoms with E-state index in [9.17, 15) is 4.79 Å². The summed E-state index contributed by atoms with van der Waals surface area (Å²) in [5, 5.41) is 2.84. The molecule has 0 aliphatic carbocycles. The molecule has 4 nitrogen and oxygen atoms in total. The smallest absolute Gasteiger partial charge is 0.221 e. The van der Waals surface area contributed by atoms with Crippen molar-refractivity contribution >= 4 is 5.91 Å². The fourth-order valence-corrected chi connectivity index (χ4v) is 1.16.